The lowest BCUT2D eigenvalue weighted by Crippen LogP contribution is -2.39. The van der Waals surface area contributed by atoms with Crippen LogP contribution in [0.3, 0.4) is 0 Å². The first kappa shape index (κ1) is 19.9. The molecular weight excluding hydrogens is 319 g/mol. The number of ether oxygens (including phenoxy) is 1. The maximum Gasteiger partial charge on any atom is 0.223 e. The van der Waals surface area contributed by atoms with Crippen molar-refractivity contribution >= 4 is 5.91 Å². The van der Waals surface area contributed by atoms with Crippen molar-refractivity contribution in [3.63, 3.8) is 0 Å². The number of hydrogen-bond acceptors (Lipinski definition) is 3. The van der Waals surface area contributed by atoms with Crippen LogP contribution in [0.4, 0.5) is 4.39 Å². The highest BCUT2D eigenvalue weighted by atomic mass is 19.1. The predicted octanol–water partition coefficient (Wildman–Crippen LogP) is 3.31. The van der Waals surface area contributed by atoms with Gasteiger partial charge < -0.3 is 9.64 Å². The fourth-order valence-corrected chi connectivity index (χ4v) is 2.98. The molecule has 1 aromatic rings. The van der Waals surface area contributed by atoms with Crippen LogP contribution in [0, 0.1) is 11.2 Å². The Labute approximate surface area is 150 Å². The first-order valence-electron chi connectivity index (χ1n) is 9.16. The first-order chi connectivity index (χ1) is 11.8. The number of morpholine rings is 1. The molecule has 5 heteroatoms. The molecule has 0 aliphatic carbocycles. The van der Waals surface area contributed by atoms with Crippen molar-refractivity contribution in [2.24, 2.45) is 5.41 Å². The largest absolute Gasteiger partial charge is 0.379 e. The number of rotatable bonds is 7. The molecule has 1 aliphatic heterocycles. The molecule has 0 saturated carbocycles. The van der Waals surface area contributed by atoms with Crippen molar-refractivity contribution in [3.05, 3.63) is 35.6 Å². The molecule has 0 radical (unpaired) electrons. The van der Waals surface area contributed by atoms with Gasteiger partial charge in [-0.1, -0.05) is 32.9 Å². The standard InChI is InChI=1S/C20H31FN2O2/c1-20(2,3)15-19(24)23(16-17-5-7-18(21)8-6-17)10-4-9-22-11-13-25-14-12-22/h5-8H,4,9-16H2,1-3H3. The van der Waals surface area contributed by atoms with Crippen molar-refractivity contribution in [2.45, 2.75) is 40.2 Å². The van der Waals surface area contributed by atoms with Gasteiger partial charge in [0, 0.05) is 39.1 Å². The van der Waals surface area contributed by atoms with E-state index in [9.17, 15) is 9.18 Å². The Kier molecular flexibility index (Phi) is 7.38. The van der Waals surface area contributed by atoms with Crippen LogP contribution in [0.1, 0.15) is 39.2 Å². The predicted molar refractivity (Wildman–Crippen MR) is 97.8 cm³/mol. The zero-order valence-corrected chi connectivity index (χ0v) is 15.8. The van der Waals surface area contributed by atoms with E-state index >= 15 is 0 Å². The summed E-state index contributed by atoms with van der Waals surface area (Å²) < 4.78 is 18.5. The summed E-state index contributed by atoms with van der Waals surface area (Å²) in [6.45, 7) is 12.0. The summed E-state index contributed by atoms with van der Waals surface area (Å²) in [5, 5.41) is 0. The zero-order chi connectivity index (χ0) is 18.3. The van der Waals surface area contributed by atoms with Crippen LogP contribution in [0.25, 0.3) is 0 Å². The van der Waals surface area contributed by atoms with Gasteiger partial charge in [-0.2, -0.15) is 0 Å². The molecule has 1 aromatic carbocycles. The number of carbonyl (C=O) groups excluding carboxylic acids is 1. The normalized spacial score (nSPS) is 16.0. The summed E-state index contributed by atoms with van der Waals surface area (Å²) in [6, 6.07) is 6.42. The monoisotopic (exact) mass is 350 g/mol. The quantitative estimate of drug-likeness (QED) is 0.756. The molecule has 0 spiro atoms. The van der Waals surface area contributed by atoms with Gasteiger partial charge in [0.05, 0.1) is 13.2 Å². The van der Waals surface area contributed by atoms with Gasteiger partial charge in [0.2, 0.25) is 5.91 Å². The Morgan fingerprint density at radius 3 is 2.44 bits per heavy atom. The Morgan fingerprint density at radius 1 is 1.20 bits per heavy atom. The fourth-order valence-electron chi connectivity index (χ4n) is 2.98. The lowest BCUT2D eigenvalue weighted by Gasteiger charge is -2.30. The van der Waals surface area contributed by atoms with Crippen LogP contribution in [0.5, 0.6) is 0 Å². The van der Waals surface area contributed by atoms with Gasteiger partial charge >= 0.3 is 0 Å². The van der Waals surface area contributed by atoms with E-state index in [4.69, 9.17) is 4.74 Å². The number of halogens is 1. The molecule has 2 rings (SSSR count). The highest BCUT2D eigenvalue weighted by Crippen LogP contribution is 2.21. The summed E-state index contributed by atoms with van der Waals surface area (Å²) in [7, 11) is 0. The van der Waals surface area contributed by atoms with Gasteiger partial charge in [0.15, 0.2) is 0 Å². The number of hydrogen-bond donors (Lipinski definition) is 0. The Hall–Kier alpha value is -1.46. The molecule has 0 N–H and O–H groups in total. The van der Waals surface area contributed by atoms with E-state index in [1.54, 1.807) is 12.1 Å². The Balaban J connectivity index is 1.92. The van der Waals surface area contributed by atoms with Crippen molar-refractivity contribution in [1.29, 1.82) is 0 Å². The smallest absolute Gasteiger partial charge is 0.223 e. The fraction of sp³-hybridized carbons (Fsp3) is 0.650. The van der Waals surface area contributed by atoms with E-state index in [2.05, 4.69) is 25.7 Å². The van der Waals surface area contributed by atoms with Gasteiger partial charge in [-0.05, 0) is 29.5 Å². The highest BCUT2D eigenvalue weighted by molar-refractivity contribution is 5.76. The average Bonchev–Trinajstić information content (AvgIpc) is 2.55. The van der Waals surface area contributed by atoms with Crippen LogP contribution in [-0.4, -0.2) is 55.1 Å². The average molecular weight is 350 g/mol. The molecular formula is C20H31FN2O2. The first-order valence-corrected chi connectivity index (χ1v) is 9.16. The number of benzene rings is 1. The summed E-state index contributed by atoms with van der Waals surface area (Å²) >= 11 is 0. The van der Waals surface area contributed by atoms with E-state index in [1.807, 2.05) is 4.90 Å². The van der Waals surface area contributed by atoms with E-state index < -0.39 is 0 Å². The lowest BCUT2D eigenvalue weighted by atomic mass is 9.91. The van der Waals surface area contributed by atoms with E-state index in [-0.39, 0.29) is 17.1 Å². The van der Waals surface area contributed by atoms with E-state index in [0.29, 0.717) is 13.0 Å². The molecule has 4 nitrogen and oxygen atoms in total. The summed E-state index contributed by atoms with van der Waals surface area (Å²) in [4.78, 5) is 17.0. The van der Waals surface area contributed by atoms with Crippen LogP contribution in [0.15, 0.2) is 24.3 Å². The van der Waals surface area contributed by atoms with Gasteiger partial charge in [-0.3, -0.25) is 9.69 Å². The molecule has 140 valence electrons. The minimum atomic E-state index is -0.247. The van der Waals surface area contributed by atoms with Crippen LogP contribution >= 0.6 is 0 Å². The highest BCUT2D eigenvalue weighted by Gasteiger charge is 2.21. The van der Waals surface area contributed by atoms with E-state index in [0.717, 1.165) is 51.4 Å². The van der Waals surface area contributed by atoms with Crippen molar-refractivity contribution in [1.82, 2.24) is 9.80 Å². The lowest BCUT2D eigenvalue weighted by molar-refractivity contribution is -0.133. The molecule has 1 fully saturated rings. The molecule has 1 amide bonds. The van der Waals surface area contributed by atoms with Crippen molar-refractivity contribution in [3.8, 4) is 0 Å². The van der Waals surface area contributed by atoms with Crippen LogP contribution < -0.4 is 0 Å². The molecule has 1 saturated heterocycles. The molecule has 0 unspecified atom stereocenters. The van der Waals surface area contributed by atoms with Gasteiger partial charge in [-0.25, -0.2) is 4.39 Å². The number of nitrogens with zero attached hydrogens (tertiary/aromatic N) is 2. The maximum absolute atomic E-state index is 13.1. The minimum absolute atomic E-state index is 0.0393. The third-order valence-corrected chi connectivity index (χ3v) is 4.33. The van der Waals surface area contributed by atoms with Gasteiger partial charge in [0.25, 0.3) is 0 Å². The zero-order valence-electron chi connectivity index (χ0n) is 15.8. The molecule has 0 atom stereocenters. The van der Waals surface area contributed by atoms with E-state index in [1.165, 1.54) is 12.1 Å². The number of carbonyl (C=O) groups is 1. The maximum atomic E-state index is 13.1. The Morgan fingerprint density at radius 2 is 1.84 bits per heavy atom. The topological polar surface area (TPSA) is 32.8 Å². The minimum Gasteiger partial charge on any atom is -0.379 e. The molecule has 0 bridgehead atoms. The second-order valence-corrected chi connectivity index (χ2v) is 7.99. The van der Waals surface area contributed by atoms with Gasteiger partial charge in [0.1, 0.15) is 5.82 Å². The summed E-state index contributed by atoms with van der Waals surface area (Å²) in [5.41, 5.74) is 0.928. The summed E-state index contributed by atoms with van der Waals surface area (Å²) in [5.74, 6) is -0.0811. The number of amides is 1. The van der Waals surface area contributed by atoms with Gasteiger partial charge in [-0.15, -0.1) is 0 Å². The van der Waals surface area contributed by atoms with Crippen molar-refractivity contribution < 1.29 is 13.9 Å². The molecule has 25 heavy (non-hydrogen) atoms. The van der Waals surface area contributed by atoms with Crippen LogP contribution in [0.2, 0.25) is 0 Å². The molecule has 1 aliphatic rings. The third-order valence-electron chi connectivity index (χ3n) is 4.33. The second kappa shape index (κ2) is 9.30. The third kappa shape index (κ3) is 7.53. The van der Waals surface area contributed by atoms with Crippen molar-refractivity contribution in [2.75, 3.05) is 39.4 Å². The second-order valence-electron chi connectivity index (χ2n) is 7.99. The molecule has 0 aromatic heterocycles. The molecule has 1 heterocycles. The SMILES string of the molecule is CC(C)(C)CC(=O)N(CCCN1CCOCC1)Cc1ccc(F)cc1. The van der Waals surface area contributed by atoms with Crippen LogP contribution in [-0.2, 0) is 16.1 Å². The summed E-state index contributed by atoms with van der Waals surface area (Å²) in [6.07, 6.45) is 1.46. The Bertz CT molecular complexity index is 534.